The van der Waals surface area contributed by atoms with Crippen molar-refractivity contribution in [3.63, 3.8) is 0 Å². The molecule has 0 aliphatic rings. The van der Waals surface area contributed by atoms with Crippen LogP contribution in [0.1, 0.15) is 57.8 Å². The summed E-state index contributed by atoms with van der Waals surface area (Å²) in [5, 5.41) is 8.65. The molecule has 2 N–H and O–H groups in total. The number of rotatable bonds is 11. The number of aromatic amines is 1. The Labute approximate surface area is 119 Å². The van der Waals surface area contributed by atoms with Crippen molar-refractivity contribution in [1.82, 2.24) is 9.55 Å². The molecule has 1 aromatic heterocycles. The maximum Gasteiger partial charge on any atom is 0.328 e. The number of hydrogen-bond donors (Lipinski definition) is 2. The van der Waals surface area contributed by atoms with Crippen molar-refractivity contribution in [2.75, 3.05) is 6.61 Å². The quantitative estimate of drug-likeness (QED) is 0.610. The molecule has 0 saturated carbocycles. The zero-order valence-electron chi connectivity index (χ0n) is 12.1. The Morgan fingerprint density at radius 3 is 2.00 bits per heavy atom. The molecule has 20 heavy (non-hydrogen) atoms. The molecule has 1 rings (SSSR count). The zero-order chi connectivity index (χ0) is 14.6. The number of aryl methyl sites for hydroxylation is 1. The third kappa shape index (κ3) is 7.28. The van der Waals surface area contributed by atoms with Gasteiger partial charge in [0.05, 0.1) is 0 Å². The van der Waals surface area contributed by atoms with E-state index in [4.69, 9.17) is 5.11 Å². The molecule has 0 bridgehead atoms. The smallest absolute Gasteiger partial charge is 0.328 e. The van der Waals surface area contributed by atoms with E-state index in [2.05, 4.69) is 4.98 Å². The Bertz CT molecular complexity index is 465. The summed E-state index contributed by atoms with van der Waals surface area (Å²) in [6.45, 7) is 0.982. The van der Waals surface area contributed by atoms with Gasteiger partial charge in [0.15, 0.2) is 0 Å². The number of aromatic nitrogens is 2. The second-order valence-corrected chi connectivity index (χ2v) is 5.21. The Hall–Kier alpha value is -1.36. The monoisotopic (exact) mass is 282 g/mol. The van der Waals surface area contributed by atoms with E-state index in [1.54, 1.807) is 10.8 Å². The van der Waals surface area contributed by atoms with Crippen LogP contribution in [0.25, 0.3) is 0 Å². The first-order valence-corrected chi connectivity index (χ1v) is 7.64. The van der Waals surface area contributed by atoms with E-state index in [9.17, 15) is 9.59 Å². The SMILES string of the molecule is O=c1ccn(CCCCCCCCCCCO)c(=O)[nH]1. The van der Waals surface area contributed by atoms with Crippen LogP contribution < -0.4 is 11.2 Å². The lowest BCUT2D eigenvalue weighted by atomic mass is 10.1. The molecule has 0 amide bonds. The van der Waals surface area contributed by atoms with Crippen LogP contribution in [0, 0.1) is 0 Å². The second kappa shape index (κ2) is 10.4. The maximum atomic E-state index is 11.4. The zero-order valence-corrected chi connectivity index (χ0v) is 12.1. The number of hydrogen-bond acceptors (Lipinski definition) is 3. The van der Waals surface area contributed by atoms with E-state index in [-0.39, 0.29) is 11.2 Å². The predicted octanol–water partition coefficient (Wildman–Crippen LogP) is 2.04. The summed E-state index contributed by atoms with van der Waals surface area (Å²) < 4.78 is 1.55. The Balaban J connectivity index is 1.99. The highest BCUT2D eigenvalue weighted by Gasteiger charge is 1.97. The van der Waals surface area contributed by atoms with Crippen molar-refractivity contribution in [2.45, 2.75) is 64.3 Å². The Kier molecular flexibility index (Phi) is 8.71. The lowest BCUT2D eigenvalue weighted by Gasteiger charge is -2.04. The van der Waals surface area contributed by atoms with Crippen molar-refractivity contribution in [2.24, 2.45) is 0 Å². The van der Waals surface area contributed by atoms with Crippen molar-refractivity contribution >= 4 is 0 Å². The lowest BCUT2D eigenvalue weighted by molar-refractivity contribution is 0.282. The van der Waals surface area contributed by atoms with E-state index in [0.717, 1.165) is 25.7 Å². The average Bonchev–Trinajstić information content (AvgIpc) is 2.43. The van der Waals surface area contributed by atoms with Crippen LogP contribution in [0.15, 0.2) is 21.9 Å². The summed E-state index contributed by atoms with van der Waals surface area (Å²) in [5.41, 5.74) is -0.658. The minimum Gasteiger partial charge on any atom is -0.396 e. The largest absolute Gasteiger partial charge is 0.396 e. The average molecular weight is 282 g/mol. The van der Waals surface area contributed by atoms with Gasteiger partial charge < -0.3 is 9.67 Å². The number of unbranched alkanes of at least 4 members (excludes halogenated alkanes) is 8. The van der Waals surface area contributed by atoms with Crippen molar-refractivity contribution in [3.05, 3.63) is 33.1 Å². The topological polar surface area (TPSA) is 75.1 Å². The van der Waals surface area contributed by atoms with Gasteiger partial charge in [0.2, 0.25) is 0 Å². The van der Waals surface area contributed by atoms with Gasteiger partial charge in [-0.15, -0.1) is 0 Å². The van der Waals surface area contributed by atoms with Gasteiger partial charge >= 0.3 is 5.69 Å². The minimum absolute atomic E-state index is 0.310. The summed E-state index contributed by atoms with van der Waals surface area (Å²) in [5.74, 6) is 0. The van der Waals surface area contributed by atoms with Crippen LogP contribution in [0.5, 0.6) is 0 Å². The summed E-state index contributed by atoms with van der Waals surface area (Å²) in [6.07, 6.45) is 11.8. The molecule has 1 heterocycles. The predicted molar refractivity (Wildman–Crippen MR) is 80.0 cm³/mol. The molecule has 0 aromatic carbocycles. The fraction of sp³-hybridized carbons (Fsp3) is 0.733. The van der Waals surface area contributed by atoms with Crippen LogP contribution in [-0.2, 0) is 6.54 Å². The molecule has 0 aliphatic heterocycles. The molecule has 5 heteroatoms. The second-order valence-electron chi connectivity index (χ2n) is 5.21. The number of nitrogens with zero attached hydrogens (tertiary/aromatic N) is 1. The van der Waals surface area contributed by atoms with Crippen molar-refractivity contribution < 1.29 is 5.11 Å². The first kappa shape index (κ1) is 16.7. The van der Waals surface area contributed by atoms with Crippen LogP contribution in [0.2, 0.25) is 0 Å². The molecule has 0 unspecified atom stereocenters. The lowest BCUT2D eigenvalue weighted by Crippen LogP contribution is -2.28. The molecule has 0 radical (unpaired) electrons. The summed E-state index contributed by atoms with van der Waals surface area (Å²) in [6, 6.07) is 1.38. The van der Waals surface area contributed by atoms with E-state index in [1.165, 1.54) is 38.2 Å². The number of aliphatic hydroxyl groups is 1. The van der Waals surface area contributed by atoms with Gasteiger partial charge in [0, 0.05) is 25.4 Å². The normalized spacial score (nSPS) is 10.8. The van der Waals surface area contributed by atoms with Gasteiger partial charge in [-0.2, -0.15) is 0 Å². The molecular weight excluding hydrogens is 256 g/mol. The van der Waals surface area contributed by atoms with Crippen LogP contribution in [-0.4, -0.2) is 21.3 Å². The third-order valence-electron chi connectivity index (χ3n) is 3.45. The standard InChI is InChI=1S/C15H26N2O3/c18-13-9-7-5-3-1-2-4-6-8-11-17-12-10-14(19)16-15(17)20/h10,12,18H,1-9,11,13H2,(H,16,19,20). The molecule has 1 aromatic rings. The van der Waals surface area contributed by atoms with Crippen molar-refractivity contribution in [1.29, 1.82) is 0 Å². The number of H-pyrrole nitrogens is 1. The van der Waals surface area contributed by atoms with Gasteiger partial charge in [-0.25, -0.2) is 4.79 Å². The fourth-order valence-electron chi connectivity index (χ4n) is 2.25. The van der Waals surface area contributed by atoms with Gasteiger partial charge in [-0.1, -0.05) is 44.9 Å². The van der Waals surface area contributed by atoms with Gasteiger partial charge in [-0.3, -0.25) is 9.78 Å². The highest BCUT2D eigenvalue weighted by atomic mass is 16.2. The Morgan fingerprint density at radius 1 is 0.900 bits per heavy atom. The summed E-state index contributed by atoms with van der Waals surface area (Å²) in [4.78, 5) is 24.6. The molecule has 5 nitrogen and oxygen atoms in total. The first-order chi connectivity index (χ1) is 9.74. The van der Waals surface area contributed by atoms with E-state index in [0.29, 0.717) is 13.2 Å². The molecule has 0 aliphatic carbocycles. The van der Waals surface area contributed by atoms with E-state index in [1.807, 2.05) is 0 Å². The van der Waals surface area contributed by atoms with Gasteiger partial charge in [0.25, 0.3) is 5.56 Å². The highest BCUT2D eigenvalue weighted by molar-refractivity contribution is 4.82. The summed E-state index contributed by atoms with van der Waals surface area (Å²) in [7, 11) is 0. The molecule has 0 fully saturated rings. The van der Waals surface area contributed by atoms with Crippen LogP contribution in [0.3, 0.4) is 0 Å². The molecule has 0 atom stereocenters. The van der Waals surface area contributed by atoms with Crippen LogP contribution >= 0.6 is 0 Å². The van der Waals surface area contributed by atoms with Gasteiger partial charge in [0.1, 0.15) is 0 Å². The highest BCUT2D eigenvalue weighted by Crippen LogP contribution is 2.09. The molecule has 0 saturated heterocycles. The van der Waals surface area contributed by atoms with E-state index >= 15 is 0 Å². The molecule has 114 valence electrons. The molecular formula is C15H26N2O3. The Morgan fingerprint density at radius 2 is 1.45 bits per heavy atom. The molecule has 0 spiro atoms. The summed E-state index contributed by atoms with van der Waals surface area (Å²) >= 11 is 0. The number of nitrogens with one attached hydrogen (secondary N) is 1. The first-order valence-electron chi connectivity index (χ1n) is 7.64. The van der Waals surface area contributed by atoms with Crippen molar-refractivity contribution in [3.8, 4) is 0 Å². The minimum atomic E-state index is -0.340. The third-order valence-corrected chi connectivity index (χ3v) is 3.45. The van der Waals surface area contributed by atoms with Crippen LogP contribution in [0.4, 0.5) is 0 Å². The fourth-order valence-corrected chi connectivity index (χ4v) is 2.25. The van der Waals surface area contributed by atoms with E-state index < -0.39 is 0 Å². The number of aliphatic hydroxyl groups excluding tert-OH is 1. The maximum absolute atomic E-state index is 11.4. The van der Waals surface area contributed by atoms with Gasteiger partial charge in [-0.05, 0) is 12.8 Å².